The number of rotatable bonds is 5. The molecule has 2 heterocycles. The first-order valence-corrected chi connectivity index (χ1v) is 12.8. The molecule has 6 rings (SSSR count). The number of fused-ring (bicyclic) bond motifs is 6. The van der Waals surface area contributed by atoms with Gasteiger partial charge in [0.25, 0.3) is 0 Å². The average molecular weight is 491 g/mol. The van der Waals surface area contributed by atoms with Crippen molar-refractivity contribution in [3.05, 3.63) is 112 Å². The maximum Gasteiger partial charge on any atom is 0.340 e. The van der Waals surface area contributed by atoms with Crippen LogP contribution in [-0.4, -0.2) is 19.1 Å². The normalized spacial score (nSPS) is 16.9. The van der Waals surface area contributed by atoms with Gasteiger partial charge in [-0.25, -0.2) is 4.79 Å². The molecule has 0 bridgehead atoms. The molecule has 0 saturated heterocycles. The number of ether oxygens (including phenoxy) is 2. The zero-order valence-electron chi connectivity index (χ0n) is 21.6. The van der Waals surface area contributed by atoms with Crippen LogP contribution in [0.4, 0.5) is 17.1 Å². The van der Waals surface area contributed by atoms with E-state index in [1.54, 1.807) is 0 Å². The summed E-state index contributed by atoms with van der Waals surface area (Å²) in [6.45, 7) is 10.2. The van der Waals surface area contributed by atoms with Crippen LogP contribution in [0, 0.1) is 13.8 Å². The predicted molar refractivity (Wildman–Crippen MR) is 147 cm³/mol. The van der Waals surface area contributed by atoms with Crippen LogP contribution in [-0.2, 0) is 10.3 Å². The Kier molecular flexibility index (Phi) is 5.45. The van der Waals surface area contributed by atoms with Crippen molar-refractivity contribution in [1.29, 1.82) is 0 Å². The Morgan fingerprint density at radius 1 is 0.811 bits per heavy atom. The van der Waals surface area contributed by atoms with Gasteiger partial charge in [-0.05, 0) is 75.7 Å². The van der Waals surface area contributed by atoms with Crippen molar-refractivity contribution in [2.24, 2.45) is 0 Å². The molecule has 5 nitrogen and oxygen atoms in total. The third-order valence-corrected chi connectivity index (χ3v) is 7.49. The molecule has 1 N–H and O–H groups in total. The first kappa shape index (κ1) is 23.2. The van der Waals surface area contributed by atoms with E-state index < -0.39 is 5.60 Å². The topological polar surface area (TPSA) is 50.8 Å². The lowest BCUT2D eigenvalue weighted by Crippen LogP contribution is -2.34. The van der Waals surface area contributed by atoms with E-state index in [1.807, 2.05) is 48.5 Å². The number of carbonyl (C=O) groups excluding carboxylic acids is 1. The van der Waals surface area contributed by atoms with Gasteiger partial charge in [-0.3, -0.25) is 0 Å². The fourth-order valence-electron chi connectivity index (χ4n) is 5.71. The number of anilines is 3. The summed E-state index contributed by atoms with van der Waals surface area (Å²) in [7, 11) is 0. The summed E-state index contributed by atoms with van der Waals surface area (Å²) in [5.74, 6) is 1.03. The van der Waals surface area contributed by atoms with Crippen molar-refractivity contribution < 1.29 is 14.3 Å². The number of nitrogens with zero attached hydrogens (tertiary/aromatic N) is 1. The van der Waals surface area contributed by atoms with Gasteiger partial charge in [0, 0.05) is 35.6 Å². The Balaban J connectivity index is 1.63. The van der Waals surface area contributed by atoms with Crippen LogP contribution in [0.25, 0.3) is 0 Å². The molecule has 2 aliphatic heterocycles. The molecule has 0 radical (unpaired) electrons. The second kappa shape index (κ2) is 8.70. The second-order valence-corrected chi connectivity index (χ2v) is 9.69. The SMILES string of the molecule is CCN(CC)c1ccc2c(c1)C1(OC(=O)c3ccccc31)c1c(Nc3ccc(C)cc3C)cccc1O2. The Morgan fingerprint density at radius 2 is 1.62 bits per heavy atom. The van der Waals surface area contributed by atoms with Crippen LogP contribution in [0.15, 0.2) is 78.9 Å². The van der Waals surface area contributed by atoms with Gasteiger partial charge in [-0.1, -0.05) is 42.0 Å². The van der Waals surface area contributed by atoms with Gasteiger partial charge in [0.15, 0.2) is 5.60 Å². The number of esters is 1. The van der Waals surface area contributed by atoms with E-state index in [1.165, 1.54) is 5.56 Å². The van der Waals surface area contributed by atoms with Gasteiger partial charge in [0.1, 0.15) is 11.5 Å². The van der Waals surface area contributed by atoms with Crippen molar-refractivity contribution in [1.82, 2.24) is 0 Å². The molecule has 1 unspecified atom stereocenters. The lowest BCUT2D eigenvalue weighted by Gasteiger charge is -2.38. The smallest absolute Gasteiger partial charge is 0.340 e. The van der Waals surface area contributed by atoms with Gasteiger partial charge in [-0.2, -0.15) is 0 Å². The van der Waals surface area contributed by atoms with E-state index in [9.17, 15) is 4.79 Å². The summed E-state index contributed by atoms with van der Waals surface area (Å²) < 4.78 is 13.0. The Morgan fingerprint density at radius 3 is 2.41 bits per heavy atom. The van der Waals surface area contributed by atoms with Crippen molar-refractivity contribution in [2.45, 2.75) is 33.3 Å². The lowest BCUT2D eigenvalue weighted by molar-refractivity contribution is 0.0227. The summed E-state index contributed by atoms with van der Waals surface area (Å²) in [4.78, 5) is 15.6. The molecule has 0 aromatic heterocycles. The van der Waals surface area contributed by atoms with Crippen molar-refractivity contribution in [3.8, 4) is 11.5 Å². The zero-order chi connectivity index (χ0) is 25.7. The van der Waals surface area contributed by atoms with Crippen LogP contribution in [0.1, 0.15) is 52.0 Å². The quantitative estimate of drug-likeness (QED) is 0.294. The number of hydrogen-bond donors (Lipinski definition) is 1. The molecular formula is C32H30N2O3. The van der Waals surface area contributed by atoms with Gasteiger partial charge in [0.05, 0.1) is 16.8 Å². The first-order chi connectivity index (χ1) is 18.0. The highest BCUT2D eigenvalue weighted by atomic mass is 16.6. The largest absolute Gasteiger partial charge is 0.456 e. The number of benzene rings is 4. The maximum absolute atomic E-state index is 13.4. The maximum atomic E-state index is 13.4. The average Bonchev–Trinajstić information content (AvgIpc) is 3.19. The van der Waals surface area contributed by atoms with E-state index in [0.29, 0.717) is 17.1 Å². The highest BCUT2D eigenvalue weighted by Gasteiger charge is 2.54. The minimum atomic E-state index is -1.14. The van der Waals surface area contributed by atoms with Crippen LogP contribution < -0.4 is 15.0 Å². The predicted octanol–water partition coefficient (Wildman–Crippen LogP) is 7.46. The van der Waals surface area contributed by atoms with Gasteiger partial charge in [0.2, 0.25) is 0 Å². The van der Waals surface area contributed by atoms with Crippen molar-refractivity contribution >= 4 is 23.0 Å². The Labute approximate surface area is 217 Å². The Hall–Kier alpha value is -4.25. The number of aryl methyl sites for hydroxylation is 2. The highest BCUT2D eigenvalue weighted by Crippen LogP contribution is 2.58. The highest BCUT2D eigenvalue weighted by molar-refractivity contribution is 5.98. The monoisotopic (exact) mass is 490 g/mol. The lowest BCUT2D eigenvalue weighted by atomic mass is 9.76. The summed E-state index contributed by atoms with van der Waals surface area (Å²) in [6.07, 6.45) is 0. The standard InChI is InChI=1S/C32H30N2O3/c1-5-34(6-2)22-15-17-28-25(19-22)32(24-11-8-7-10-23(24)31(35)37-32)30-27(12-9-13-29(30)36-28)33-26-16-14-20(3)18-21(26)4/h7-19,33H,5-6H2,1-4H3. The number of nitrogens with one attached hydrogen (secondary N) is 1. The molecular weight excluding hydrogens is 460 g/mol. The molecule has 4 aromatic carbocycles. The van der Waals surface area contributed by atoms with E-state index in [0.717, 1.165) is 52.4 Å². The molecule has 4 aromatic rings. The molecule has 0 fully saturated rings. The van der Waals surface area contributed by atoms with Crippen LogP contribution in [0.5, 0.6) is 11.5 Å². The van der Waals surface area contributed by atoms with Gasteiger partial charge < -0.3 is 19.7 Å². The molecule has 5 heteroatoms. The van der Waals surface area contributed by atoms with Crippen LogP contribution in [0.2, 0.25) is 0 Å². The third kappa shape index (κ3) is 3.49. The molecule has 0 aliphatic carbocycles. The minimum absolute atomic E-state index is 0.330. The van der Waals surface area contributed by atoms with Crippen molar-refractivity contribution in [3.63, 3.8) is 0 Å². The van der Waals surface area contributed by atoms with Crippen LogP contribution >= 0.6 is 0 Å². The first-order valence-electron chi connectivity index (χ1n) is 12.8. The zero-order valence-corrected chi connectivity index (χ0v) is 21.6. The van der Waals surface area contributed by atoms with E-state index >= 15 is 0 Å². The fraction of sp³-hybridized carbons (Fsp3) is 0.219. The molecule has 0 saturated carbocycles. The van der Waals surface area contributed by atoms with Gasteiger partial charge >= 0.3 is 5.97 Å². The molecule has 1 atom stereocenters. The van der Waals surface area contributed by atoms with Crippen LogP contribution in [0.3, 0.4) is 0 Å². The van der Waals surface area contributed by atoms with E-state index in [4.69, 9.17) is 9.47 Å². The molecule has 0 amide bonds. The van der Waals surface area contributed by atoms with Gasteiger partial charge in [-0.15, -0.1) is 0 Å². The molecule has 37 heavy (non-hydrogen) atoms. The second-order valence-electron chi connectivity index (χ2n) is 9.69. The van der Waals surface area contributed by atoms with E-state index in [-0.39, 0.29) is 5.97 Å². The minimum Gasteiger partial charge on any atom is -0.456 e. The molecule has 2 aliphatic rings. The van der Waals surface area contributed by atoms with Crippen molar-refractivity contribution in [2.75, 3.05) is 23.3 Å². The third-order valence-electron chi connectivity index (χ3n) is 7.49. The summed E-state index contributed by atoms with van der Waals surface area (Å²) >= 11 is 0. The summed E-state index contributed by atoms with van der Waals surface area (Å²) in [6, 6.07) is 26.1. The fourth-order valence-corrected chi connectivity index (χ4v) is 5.71. The van der Waals surface area contributed by atoms with E-state index in [2.05, 4.69) is 68.2 Å². The summed E-state index contributed by atoms with van der Waals surface area (Å²) in [5, 5.41) is 3.63. The molecule has 186 valence electrons. The summed E-state index contributed by atoms with van der Waals surface area (Å²) in [5.41, 5.74) is 7.15. The Bertz CT molecular complexity index is 1540. The molecule has 1 spiro atoms. The number of carbonyl (C=O) groups is 1. The number of hydrogen-bond acceptors (Lipinski definition) is 5.